The summed E-state index contributed by atoms with van der Waals surface area (Å²) in [5.41, 5.74) is 2.25. The molecule has 0 unspecified atom stereocenters. The average Bonchev–Trinajstić information content (AvgIpc) is 2.69. The molecule has 0 bridgehead atoms. The molecule has 26 heavy (non-hydrogen) atoms. The lowest BCUT2D eigenvalue weighted by atomic mass is 10.1. The minimum atomic E-state index is -0.407. The first-order valence-corrected chi connectivity index (χ1v) is 7.87. The fraction of sp³-hybridized carbons (Fsp3) is 0. The molecule has 0 saturated heterocycles. The van der Waals surface area contributed by atoms with E-state index in [4.69, 9.17) is 0 Å². The first kappa shape index (κ1) is 15.7. The van der Waals surface area contributed by atoms with Crippen molar-refractivity contribution in [2.75, 3.05) is 0 Å². The zero-order chi connectivity index (χ0) is 18.1. The van der Waals surface area contributed by atoms with E-state index < -0.39 is 5.78 Å². The van der Waals surface area contributed by atoms with E-state index in [0.717, 1.165) is 10.9 Å². The van der Waals surface area contributed by atoms with Gasteiger partial charge in [0.05, 0.1) is 23.6 Å². The highest BCUT2D eigenvalue weighted by atomic mass is 16.3. The van der Waals surface area contributed by atoms with Crippen molar-refractivity contribution in [3.63, 3.8) is 0 Å². The smallest absolute Gasteiger partial charge is 0.213 e. The van der Waals surface area contributed by atoms with Crippen LogP contribution < -0.4 is 0 Å². The number of fused-ring (bicyclic) bond motifs is 1. The molecule has 4 aromatic rings. The Morgan fingerprint density at radius 1 is 0.808 bits per heavy atom. The van der Waals surface area contributed by atoms with Gasteiger partial charge in [-0.1, -0.05) is 24.3 Å². The normalized spacial score (nSPS) is 10.8. The van der Waals surface area contributed by atoms with E-state index in [-0.39, 0.29) is 22.8 Å². The summed E-state index contributed by atoms with van der Waals surface area (Å²) in [6, 6.07) is 15.3. The lowest BCUT2D eigenvalue weighted by Crippen LogP contribution is -2.06. The van der Waals surface area contributed by atoms with Gasteiger partial charge in [0.1, 0.15) is 11.4 Å². The maximum absolute atomic E-state index is 12.6. The third-order valence-corrected chi connectivity index (χ3v) is 3.97. The van der Waals surface area contributed by atoms with E-state index in [1.54, 1.807) is 6.20 Å². The largest absolute Gasteiger partial charge is 0.504 e. The Balaban J connectivity index is 1.73. The van der Waals surface area contributed by atoms with Crippen molar-refractivity contribution in [2.45, 2.75) is 0 Å². The van der Waals surface area contributed by atoms with Crippen LogP contribution in [-0.4, -0.2) is 30.9 Å². The Morgan fingerprint density at radius 3 is 2.50 bits per heavy atom. The van der Waals surface area contributed by atoms with E-state index in [2.05, 4.69) is 15.0 Å². The standard InChI is InChI=1S/C20H13N3O3/c24-18-8-6-13(9-19(18)25)20(26)17-11-21-10-16(23-17)15-7-5-12-3-1-2-4-14(12)22-15/h1-11,24-25H. The van der Waals surface area contributed by atoms with Crippen LogP contribution in [0.2, 0.25) is 0 Å². The first-order chi connectivity index (χ1) is 12.6. The number of aromatic hydroxyl groups is 2. The summed E-state index contributed by atoms with van der Waals surface area (Å²) in [6.07, 6.45) is 2.90. The number of pyridine rings is 1. The SMILES string of the molecule is O=C(c1ccc(O)c(O)c1)c1cncc(-c2ccc3ccccc3n2)n1. The number of carbonyl (C=O) groups is 1. The maximum Gasteiger partial charge on any atom is 0.213 e. The number of nitrogens with zero attached hydrogens (tertiary/aromatic N) is 3. The highest BCUT2D eigenvalue weighted by Gasteiger charge is 2.15. The predicted molar refractivity (Wildman–Crippen MR) is 96.0 cm³/mol. The second kappa shape index (κ2) is 6.25. The predicted octanol–water partition coefficient (Wildman–Crippen LogP) is 3.33. The monoisotopic (exact) mass is 343 g/mol. The number of hydrogen-bond donors (Lipinski definition) is 2. The second-order valence-electron chi connectivity index (χ2n) is 5.71. The van der Waals surface area contributed by atoms with Gasteiger partial charge in [0.25, 0.3) is 0 Å². The molecule has 0 aliphatic carbocycles. The van der Waals surface area contributed by atoms with Crippen molar-refractivity contribution in [1.29, 1.82) is 0 Å². The van der Waals surface area contributed by atoms with Crippen molar-refractivity contribution in [2.24, 2.45) is 0 Å². The van der Waals surface area contributed by atoms with Crippen LogP contribution in [0.15, 0.2) is 67.0 Å². The highest BCUT2D eigenvalue weighted by molar-refractivity contribution is 6.08. The Labute approximate surface area is 148 Å². The zero-order valence-corrected chi connectivity index (χ0v) is 13.5. The molecule has 6 nitrogen and oxygen atoms in total. The van der Waals surface area contributed by atoms with Crippen LogP contribution in [0.4, 0.5) is 0 Å². The van der Waals surface area contributed by atoms with Crippen molar-refractivity contribution in [3.05, 3.63) is 78.2 Å². The fourth-order valence-electron chi connectivity index (χ4n) is 2.62. The summed E-state index contributed by atoms with van der Waals surface area (Å²) in [5.74, 6) is -1.06. The van der Waals surface area contributed by atoms with E-state index >= 15 is 0 Å². The van der Waals surface area contributed by atoms with Gasteiger partial charge in [-0.05, 0) is 30.3 Å². The molecule has 0 radical (unpaired) electrons. The molecule has 6 heteroatoms. The Hall–Kier alpha value is -3.80. The van der Waals surface area contributed by atoms with Crippen LogP contribution >= 0.6 is 0 Å². The fourth-order valence-corrected chi connectivity index (χ4v) is 2.62. The topological polar surface area (TPSA) is 96.2 Å². The van der Waals surface area contributed by atoms with Gasteiger partial charge in [0.2, 0.25) is 5.78 Å². The summed E-state index contributed by atoms with van der Waals surface area (Å²) in [5, 5.41) is 20.0. The molecule has 4 rings (SSSR count). The molecule has 0 saturated carbocycles. The molecule has 126 valence electrons. The van der Waals surface area contributed by atoms with Crippen molar-refractivity contribution >= 4 is 16.7 Å². The van der Waals surface area contributed by atoms with Gasteiger partial charge in [-0.25, -0.2) is 9.97 Å². The third kappa shape index (κ3) is 2.84. The van der Waals surface area contributed by atoms with Gasteiger partial charge >= 0.3 is 0 Å². The zero-order valence-electron chi connectivity index (χ0n) is 13.5. The van der Waals surface area contributed by atoms with Crippen molar-refractivity contribution in [3.8, 4) is 22.9 Å². The molecular formula is C20H13N3O3. The average molecular weight is 343 g/mol. The quantitative estimate of drug-likeness (QED) is 0.437. The molecule has 0 aliphatic heterocycles. The van der Waals surface area contributed by atoms with Crippen LogP contribution in [0.25, 0.3) is 22.3 Å². The molecular weight excluding hydrogens is 330 g/mol. The lowest BCUT2D eigenvalue weighted by Gasteiger charge is -2.05. The molecule has 2 N–H and O–H groups in total. The van der Waals surface area contributed by atoms with Gasteiger partial charge in [0, 0.05) is 10.9 Å². The maximum atomic E-state index is 12.6. The number of hydrogen-bond acceptors (Lipinski definition) is 6. The number of benzene rings is 2. The Bertz CT molecular complexity index is 1140. The molecule has 0 fully saturated rings. The van der Waals surface area contributed by atoms with Crippen molar-refractivity contribution < 1.29 is 15.0 Å². The number of aromatic nitrogens is 3. The number of para-hydroxylation sites is 1. The highest BCUT2D eigenvalue weighted by Crippen LogP contribution is 2.26. The number of rotatable bonds is 3. The summed E-state index contributed by atoms with van der Waals surface area (Å²) in [6.45, 7) is 0. The van der Waals surface area contributed by atoms with Gasteiger partial charge in [-0.3, -0.25) is 9.78 Å². The Morgan fingerprint density at radius 2 is 1.65 bits per heavy atom. The molecule has 2 aromatic heterocycles. The Kier molecular flexibility index (Phi) is 3.78. The van der Waals surface area contributed by atoms with E-state index in [0.29, 0.717) is 11.4 Å². The van der Waals surface area contributed by atoms with Gasteiger partial charge < -0.3 is 10.2 Å². The molecule has 2 heterocycles. The van der Waals surface area contributed by atoms with E-state index in [1.807, 2.05) is 36.4 Å². The van der Waals surface area contributed by atoms with Crippen LogP contribution in [0.3, 0.4) is 0 Å². The molecule has 2 aromatic carbocycles. The number of phenols is 2. The van der Waals surface area contributed by atoms with Crippen LogP contribution in [0, 0.1) is 0 Å². The van der Waals surface area contributed by atoms with Crippen LogP contribution in [0.1, 0.15) is 16.1 Å². The minimum absolute atomic E-state index is 0.127. The van der Waals surface area contributed by atoms with Gasteiger partial charge in [0.15, 0.2) is 11.5 Å². The van der Waals surface area contributed by atoms with E-state index in [1.165, 1.54) is 24.4 Å². The summed E-state index contributed by atoms with van der Waals surface area (Å²) >= 11 is 0. The number of ketones is 1. The van der Waals surface area contributed by atoms with Crippen LogP contribution in [-0.2, 0) is 0 Å². The second-order valence-corrected chi connectivity index (χ2v) is 5.71. The molecule has 0 spiro atoms. The van der Waals surface area contributed by atoms with E-state index in [9.17, 15) is 15.0 Å². The summed E-state index contributed by atoms with van der Waals surface area (Å²) < 4.78 is 0. The number of carbonyl (C=O) groups excluding carboxylic acids is 1. The van der Waals surface area contributed by atoms with Gasteiger partial charge in [-0.15, -0.1) is 0 Å². The summed E-state index contributed by atoms with van der Waals surface area (Å²) in [4.78, 5) is 25.6. The lowest BCUT2D eigenvalue weighted by molar-refractivity contribution is 0.103. The van der Waals surface area contributed by atoms with Gasteiger partial charge in [-0.2, -0.15) is 0 Å². The van der Waals surface area contributed by atoms with Crippen molar-refractivity contribution in [1.82, 2.24) is 15.0 Å². The van der Waals surface area contributed by atoms with Crippen LogP contribution in [0.5, 0.6) is 11.5 Å². The minimum Gasteiger partial charge on any atom is -0.504 e. The molecule has 0 amide bonds. The summed E-state index contributed by atoms with van der Waals surface area (Å²) in [7, 11) is 0. The molecule has 0 aliphatic rings. The molecule has 0 atom stereocenters. The third-order valence-electron chi connectivity index (χ3n) is 3.97. The number of phenolic OH excluding ortho intramolecular Hbond substituents is 2. The first-order valence-electron chi connectivity index (χ1n) is 7.87.